The minimum absolute atomic E-state index is 0.141. The number of rotatable bonds is 6. The van der Waals surface area contributed by atoms with Crippen molar-refractivity contribution in [1.82, 2.24) is 0 Å². The first kappa shape index (κ1) is 20.3. The van der Waals surface area contributed by atoms with Crippen LogP contribution >= 0.6 is 0 Å². The van der Waals surface area contributed by atoms with Crippen LogP contribution in [0.5, 0.6) is 5.75 Å². The first-order valence-corrected chi connectivity index (χ1v) is 9.93. The van der Waals surface area contributed by atoms with Crippen LogP contribution in [-0.4, -0.2) is 18.4 Å². The van der Waals surface area contributed by atoms with Crippen molar-refractivity contribution in [2.24, 2.45) is 0 Å². The van der Waals surface area contributed by atoms with Gasteiger partial charge in [0.25, 0.3) is 11.8 Å². The average molecular weight is 416 g/mol. The van der Waals surface area contributed by atoms with E-state index in [4.69, 9.17) is 4.74 Å². The highest BCUT2D eigenvalue weighted by molar-refractivity contribution is 6.46. The summed E-state index contributed by atoms with van der Waals surface area (Å²) in [4.78, 5) is 27.6. The number of amides is 2. The number of halogens is 1. The van der Waals surface area contributed by atoms with Crippen LogP contribution in [0.2, 0.25) is 0 Å². The largest absolute Gasteiger partial charge is 0.494 e. The lowest BCUT2D eigenvalue weighted by atomic mass is 10.0. The number of carbonyl (C=O) groups is 2. The molecule has 0 fully saturated rings. The summed E-state index contributed by atoms with van der Waals surface area (Å²) >= 11 is 0. The summed E-state index contributed by atoms with van der Waals surface area (Å²) < 4.78 is 19.2. The maximum atomic E-state index is 13.8. The van der Waals surface area contributed by atoms with Crippen molar-refractivity contribution in [3.05, 3.63) is 95.4 Å². The second-order valence-electron chi connectivity index (χ2n) is 7.12. The quantitative estimate of drug-likeness (QED) is 0.579. The van der Waals surface area contributed by atoms with Gasteiger partial charge in [0.1, 0.15) is 17.3 Å². The van der Waals surface area contributed by atoms with Crippen molar-refractivity contribution in [3.8, 4) is 5.75 Å². The zero-order valence-electron chi connectivity index (χ0n) is 17.2. The maximum Gasteiger partial charge on any atom is 0.282 e. The molecule has 3 aromatic carbocycles. The van der Waals surface area contributed by atoms with E-state index < -0.39 is 17.6 Å². The van der Waals surface area contributed by atoms with Crippen molar-refractivity contribution >= 4 is 28.8 Å². The monoisotopic (exact) mass is 416 g/mol. The van der Waals surface area contributed by atoms with Crippen LogP contribution < -0.4 is 15.0 Å². The molecule has 0 saturated heterocycles. The minimum atomic E-state index is -0.542. The average Bonchev–Trinajstić information content (AvgIpc) is 3.00. The molecule has 0 saturated carbocycles. The lowest BCUT2D eigenvalue weighted by molar-refractivity contribution is -0.120. The third-order valence-electron chi connectivity index (χ3n) is 4.93. The Morgan fingerprint density at radius 3 is 2.29 bits per heavy atom. The number of benzene rings is 3. The predicted octanol–water partition coefficient (Wildman–Crippen LogP) is 4.93. The standard InChI is InChI=1S/C25H21FN2O3/c1-3-31-21-13-11-19(12-14-21)27-23-22(17-9-7-16(2)8-10-17)24(29)28(25(23)30)20-6-4-5-18(26)15-20/h4-15,27H,3H2,1-2H3. The molecular formula is C25H21FN2O3. The maximum absolute atomic E-state index is 13.8. The SMILES string of the molecule is CCOc1ccc(NC2=C(c3ccc(C)cc3)C(=O)N(c3cccc(F)c3)C2=O)cc1. The summed E-state index contributed by atoms with van der Waals surface area (Å²) in [5.41, 5.74) is 2.83. The Hall–Kier alpha value is -3.93. The van der Waals surface area contributed by atoms with Gasteiger partial charge in [0.2, 0.25) is 0 Å². The Bertz CT molecular complexity index is 1170. The van der Waals surface area contributed by atoms with E-state index >= 15 is 0 Å². The minimum Gasteiger partial charge on any atom is -0.494 e. The van der Waals surface area contributed by atoms with Crippen LogP contribution in [0, 0.1) is 12.7 Å². The van der Waals surface area contributed by atoms with Gasteiger partial charge in [-0.1, -0.05) is 35.9 Å². The van der Waals surface area contributed by atoms with E-state index in [1.807, 2.05) is 26.0 Å². The van der Waals surface area contributed by atoms with Crippen LogP contribution in [0.1, 0.15) is 18.1 Å². The van der Waals surface area contributed by atoms with Gasteiger partial charge < -0.3 is 10.1 Å². The number of anilines is 2. The van der Waals surface area contributed by atoms with E-state index in [0.29, 0.717) is 23.6 Å². The van der Waals surface area contributed by atoms with Gasteiger partial charge >= 0.3 is 0 Å². The third-order valence-corrected chi connectivity index (χ3v) is 4.93. The van der Waals surface area contributed by atoms with Crippen LogP contribution in [0.3, 0.4) is 0 Å². The second-order valence-corrected chi connectivity index (χ2v) is 7.12. The Kier molecular flexibility index (Phi) is 5.54. The molecule has 6 heteroatoms. The molecule has 5 nitrogen and oxygen atoms in total. The molecule has 0 aliphatic carbocycles. The van der Waals surface area contributed by atoms with Crippen LogP contribution in [0.25, 0.3) is 5.57 Å². The molecule has 4 rings (SSSR count). The number of ether oxygens (including phenoxy) is 1. The predicted molar refractivity (Wildman–Crippen MR) is 118 cm³/mol. The molecule has 0 spiro atoms. The van der Waals surface area contributed by atoms with Crippen LogP contribution in [0.4, 0.5) is 15.8 Å². The molecular weight excluding hydrogens is 395 g/mol. The Labute approximate surface area is 179 Å². The Morgan fingerprint density at radius 1 is 0.935 bits per heavy atom. The van der Waals surface area contributed by atoms with Crippen molar-refractivity contribution in [1.29, 1.82) is 0 Å². The molecule has 31 heavy (non-hydrogen) atoms. The summed E-state index contributed by atoms with van der Waals surface area (Å²) in [6, 6.07) is 19.9. The first-order chi connectivity index (χ1) is 15.0. The number of hydrogen-bond acceptors (Lipinski definition) is 4. The highest BCUT2D eigenvalue weighted by atomic mass is 19.1. The fourth-order valence-corrected chi connectivity index (χ4v) is 3.43. The highest BCUT2D eigenvalue weighted by Crippen LogP contribution is 2.34. The fourth-order valence-electron chi connectivity index (χ4n) is 3.43. The summed E-state index contributed by atoms with van der Waals surface area (Å²) in [6.07, 6.45) is 0. The molecule has 1 aliphatic rings. The van der Waals surface area contributed by atoms with Crippen molar-refractivity contribution in [2.45, 2.75) is 13.8 Å². The van der Waals surface area contributed by atoms with E-state index in [2.05, 4.69) is 5.32 Å². The first-order valence-electron chi connectivity index (χ1n) is 9.93. The second kappa shape index (κ2) is 8.44. The highest BCUT2D eigenvalue weighted by Gasteiger charge is 2.40. The molecule has 3 aromatic rings. The van der Waals surface area contributed by atoms with Crippen LogP contribution in [-0.2, 0) is 9.59 Å². The molecule has 1 N–H and O–H groups in total. The van der Waals surface area contributed by atoms with Crippen LogP contribution in [0.15, 0.2) is 78.5 Å². The number of aryl methyl sites for hydroxylation is 1. The van der Waals surface area contributed by atoms with Gasteiger partial charge in [-0.05, 0) is 61.9 Å². The Balaban J connectivity index is 1.76. The number of carbonyl (C=O) groups excluding carboxylic acids is 2. The topological polar surface area (TPSA) is 58.6 Å². The molecule has 0 atom stereocenters. The van der Waals surface area contributed by atoms with Crippen molar-refractivity contribution in [2.75, 3.05) is 16.8 Å². The number of hydrogen-bond donors (Lipinski definition) is 1. The van der Waals surface area contributed by atoms with Gasteiger partial charge in [-0.15, -0.1) is 0 Å². The molecule has 1 heterocycles. The van der Waals surface area contributed by atoms with E-state index in [1.165, 1.54) is 24.3 Å². The van der Waals surface area contributed by atoms with Gasteiger partial charge in [-0.3, -0.25) is 9.59 Å². The summed E-state index contributed by atoms with van der Waals surface area (Å²) in [5.74, 6) is -0.869. The van der Waals surface area contributed by atoms with Crippen molar-refractivity contribution in [3.63, 3.8) is 0 Å². The number of imide groups is 1. The normalized spacial score (nSPS) is 13.7. The van der Waals surface area contributed by atoms with Gasteiger partial charge in [-0.25, -0.2) is 9.29 Å². The summed E-state index contributed by atoms with van der Waals surface area (Å²) in [6.45, 7) is 4.39. The van der Waals surface area contributed by atoms with Gasteiger partial charge in [0, 0.05) is 5.69 Å². The summed E-state index contributed by atoms with van der Waals surface area (Å²) in [5, 5.41) is 3.09. The number of nitrogens with zero attached hydrogens (tertiary/aromatic N) is 1. The molecule has 1 aliphatic heterocycles. The third kappa shape index (κ3) is 4.05. The summed E-state index contributed by atoms with van der Waals surface area (Å²) in [7, 11) is 0. The van der Waals surface area contributed by atoms with E-state index in [1.54, 1.807) is 36.4 Å². The van der Waals surface area contributed by atoms with Gasteiger partial charge in [-0.2, -0.15) is 0 Å². The van der Waals surface area contributed by atoms with Gasteiger partial charge in [0.05, 0.1) is 17.9 Å². The number of nitrogens with one attached hydrogen (secondary N) is 1. The van der Waals surface area contributed by atoms with E-state index in [0.717, 1.165) is 10.5 Å². The van der Waals surface area contributed by atoms with E-state index in [9.17, 15) is 14.0 Å². The fraction of sp³-hybridized carbons (Fsp3) is 0.120. The molecule has 0 aromatic heterocycles. The molecule has 0 unspecified atom stereocenters. The molecule has 0 bridgehead atoms. The lowest BCUT2D eigenvalue weighted by Gasteiger charge is -2.15. The smallest absolute Gasteiger partial charge is 0.282 e. The molecule has 0 radical (unpaired) electrons. The molecule has 2 amide bonds. The zero-order chi connectivity index (χ0) is 22.0. The van der Waals surface area contributed by atoms with E-state index in [-0.39, 0.29) is 17.0 Å². The van der Waals surface area contributed by atoms with Gasteiger partial charge in [0.15, 0.2) is 0 Å². The zero-order valence-corrected chi connectivity index (χ0v) is 17.2. The lowest BCUT2D eigenvalue weighted by Crippen LogP contribution is -2.32. The van der Waals surface area contributed by atoms with Crippen molar-refractivity contribution < 1.29 is 18.7 Å². The Morgan fingerprint density at radius 2 is 1.65 bits per heavy atom. The molecule has 156 valence electrons.